The molecule has 0 spiro atoms. The number of aryl methyl sites for hydroxylation is 1. The third-order valence-electron chi connectivity index (χ3n) is 3.31. The van der Waals surface area contributed by atoms with Gasteiger partial charge in [0.1, 0.15) is 11.6 Å². The second-order valence-electron chi connectivity index (χ2n) is 4.71. The fourth-order valence-electron chi connectivity index (χ4n) is 2.25. The van der Waals surface area contributed by atoms with Gasteiger partial charge < -0.3 is 10.3 Å². The van der Waals surface area contributed by atoms with Gasteiger partial charge in [0.15, 0.2) is 11.6 Å². The molecule has 3 nitrogen and oxygen atoms in total. The van der Waals surface area contributed by atoms with Crippen LogP contribution in [0.4, 0.5) is 14.6 Å². The zero-order valence-corrected chi connectivity index (χ0v) is 11.2. The first-order chi connectivity index (χ1) is 10.1. The fraction of sp³-hybridized carbons (Fsp3) is 0.0625. The molecule has 1 aromatic heterocycles. The minimum atomic E-state index is -0.442. The molecule has 2 N–H and O–H groups in total. The van der Waals surface area contributed by atoms with Crippen LogP contribution in [0.5, 0.6) is 0 Å². The van der Waals surface area contributed by atoms with Gasteiger partial charge >= 0.3 is 0 Å². The van der Waals surface area contributed by atoms with Gasteiger partial charge in [0, 0.05) is 11.1 Å². The Bertz CT molecular complexity index is 812. The van der Waals surface area contributed by atoms with Crippen molar-refractivity contribution in [3.05, 3.63) is 59.7 Å². The Kier molecular flexibility index (Phi) is 3.17. The van der Waals surface area contributed by atoms with E-state index in [4.69, 9.17) is 10.3 Å². The maximum atomic E-state index is 14.0. The van der Waals surface area contributed by atoms with Gasteiger partial charge in [0.2, 0.25) is 0 Å². The maximum absolute atomic E-state index is 14.0. The van der Waals surface area contributed by atoms with Crippen molar-refractivity contribution in [2.24, 2.45) is 0 Å². The van der Waals surface area contributed by atoms with Gasteiger partial charge in [-0.25, -0.2) is 8.78 Å². The second-order valence-corrected chi connectivity index (χ2v) is 4.71. The molecule has 3 rings (SSSR count). The zero-order valence-electron chi connectivity index (χ0n) is 11.2. The summed E-state index contributed by atoms with van der Waals surface area (Å²) < 4.78 is 32.7. The molecule has 0 unspecified atom stereocenters. The topological polar surface area (TPSA) is 52.0 Å². The molecule has 0 saturated heterocycles. The molecule has 1 heterocycles. The predicted octanol–water partition coefficient (Wildman–Crippen LogP) is 4.18. The second kappa shape index (κ2) is 5.01. The first-order valence-electron chi connectivity index (χ1n) is 6.34. The summed E-state index contributed by atoms with van der Waals surface area (Å²) in [5.74, 6) is -0.527. The molecule has 3 aromatic rings. The van der Waals surface area contributed by atoms with Crippen molar-refractivity contribution in [3.63, 3.8) is 0 Å². The Balaban J connectivity index is 2.27. The Morgan fingerprint density at radius 2 is 1.81 bits per heavy atom. The molecule has 0 atom stereocenters. The van der Waals surface area contributed by atoms with Gasteiger partial charge in [0.05, 0.1) is 5.56 Å². The first-order valence-corrected chi connectivity index (χ1v) is 6.34. The monoisotopic (exact) mass is 286 g/mol. The SMILES string of the molecule is Cc1ccc(F)cc1-c1onc(N)c1-c1ccccc1F. The lowest BCUT2D eigenvalue weighted by Gasteiger charge is -2.06. The Morgan fingerprint density at radius 1 is 1.05 bits per heavy atom. The zero-order chi connectivity index (χ0) is 15.0. The predicted molar refractivity (Wildman–Crippen MR) is 76.4 cm³/mol. The normalized spacial score (nSPS) is 10.8. The van der Waals surface area contributed by atoms with Crippen molar-refractivity contribution in [3.8, 4) is 22.5 Å². The molecular formula is C16H12F2N2O. The number of nitrogens with zero attached hydrogens (tertiary/aromatic N) is 1. The van der Waals surface area contributed by atoms with Crippen molar-refractivity contribution in [2.45, 2.75) is 6.92 Å². The molecule has 0 aliphatic rings. The van der Waals surface area contributed by atoms with Crippen LogP contribution in [0, 0.1) is 18.6 Å². The van der Waals surface area contributed by atoms with Crippen LogP contribution in [0.1, 0.15) is 5.56 Å². The van der Waals surface area contributed by atoms with Crippen LogP contribution in [0.3, 0.4) is 0 Å². The number of benzene rings is 2. The average Bonchev–Trinajstić information content (AvgIpc) is 2.84. The number of nitrogen functional groups attached to an aromatic ring is 1. The number of aromatic nitrogens is 1. The highest BCUT2D eigenvalue weighted by Crippen LogP contribution is 2.39. The summed E-state index contributed by atoms with van der Waals surface area (Å²) in [6.45, 7) is 1.80. The molecule has 0 radical (unpaired) electrons. The smallest absolute Gasteiger partial charge is 0.177 e. The van der Waals surface area contributed by atoms with Crippen LogP contribution in [-0.2, 0) is 0 Å². The quantitative estimate of drug-likeness (QED) is 0.769. The summed E-state index contributed by atoms with van der Waals surface area (Å²) in [5, 5.41) is 3.69. The number of nitrogens with two attached hydrogens (primary N) is 1. The number of hydrogen-bond acceptors (Lipinski definition) is 3. The van der Waals surface area contributed by atoms with E-state index in [0.29, 0.717) is 11.1 Å². The van der Waals surface area contributed by atoms with E-state index in [1.54, 1.807) is 31.2 Å². The van der Waals surface area contributed by atoms with Crippen LogP contribution < -0.4 is 5.73 Å². The van der Waals surface area contributed by atoms with E-state index in [1.807, 2.05) is 0 Å². The van der Waals surface area contributed by atoms with Crippen molar-refractivity contribution in [2.75, 3.05) is 5.73 Å². The summed E-state index contributed by atoms with van der Waals surface area (Å²) in [7, 11) is 0. The molecule has 0 saturated carbocycles. The molecule has 106 valence electrons. The van der Waals surface area contributed by atoms with Gasteiger partial charge in [-0.2, -0.15) is 0 Å². The summed E-state index contributed by atoms with van der Waals surface area (Å²) in [4.78, 5) is 0. The van der Waals surface area contributed by atoms with Crippen LogP contribution in [-0.4, -0.2) is 5.16 Å². The average molecular weight is 286 g/mol. The minimum absolute atomic E-state index is 0.0683. The highest BCUT2D eigenvalue weighted by atomic mass is 19.1. The minimum Gasteiger partial charge on any atom is -0.380 e. The lowest BCUT2D eigenvalue weighted by atomic mass is 9.98. The van der Waals surface area contributed by atoms with Gasteiger partial charge in [-0.3, -0.25) is 0 Å². The highest BCUT2D eigenvalue weighted by molar-refractivity contribution is 5.87. The van der Waals surface area contributed by atoms with Crippen molar-refractivity contribution < 1.29 is 13.3 Å². The van der Waals surface area contributed by atoms with E-state index in [2.05, 4.69) is 5.16 Å². The number of rotatable bonds is 2. The lowest BCUT2D eigenvalue weighted by Crippen LogP contribution is -1.92. The third kappa shape index (κ3) is 2.27. The maximum Gasteiger partial charge on any atom is 0.177 e. The first kappa shape index (κ1) is 13.3. The van der Waals surface area contributed by atoms with E-state index in [0.717, 1.165) is 5.56 Å². The summed E-state index contributed by atoms with van der Waals surface area (Å²) in [6.07, 6.45) is 0. The van der Waals surface area contributed by atoms with Gasteiger partial charge in [0.25, 0.3) is 0 Å². The van der Waals surface area contributed by atoms with E-state index in [9.17, 15) is 8.78 Å². The molecular weight excluding hydrogens is 274 g/mol. The number of halogens is 2. The molecule has 0 aliphatic carbocycles. The molecule has 0 bridgehead atoms. The van der Waals surface area contributed by atoms with Crippen molar-refractivity contribution >= 4 is 5.82 Å². The Hall–Kier alpha value is -2.69. The van der Waals surface area contributed by atoms with Gasteiger partial charge in [-0.05, 0) is 30.7 Å². The number of anilines is 1. The lowest BCUT2D eigenvalue weighted by molar-refractivity contribution is 0.435. The molecule has 0 fully saturated rings. The van der Waals surface area contributed by atoms with Gasteiger partial charge in [-0.15, -0.1) is 0 Å². The third-order valence-corrected chi connectivity index (χ3v) is 3.31. The summed E-state index contributed by atoms with van der Waals surface area (Å²) in [6, 6.07) is 10.5. The number of hydrogen-bond donors (Lipinski definition) is 1. The van der Waals surface area contributed by atoms with E-state index >= 15 is 0 Å². The van der Waals surface area contributed by atoms with Crippen LogP contribution >= 0.6 is 0 Å². The van der Waals surface area contributed by atoms with E-state index in [-0.39, 0.29) is 17.1 Å². The molecule has 5 heteroatoms. The molecule has 0 amide bonds. The largest absolute Gasteiger partial charge is 0.380 e. The summed E-state index contributed by atoms with van der Waals surface area (Å²) >= 11 is 0. The molecule has 2 aromatic carbocycles. The summed E-state index contributed by atoms with van der Waals surface area (Å²) in [5.41, 5.74) is 7.69. The fourth-order valence-corrected chi connectivity index (χ4v) is 2.25. The van der Waals surface area contributed by atoms with E-state index in [1.165, 1.54) is 18.2 Å². The van der Waals surface area contributed by atoms with E-state index < -0.39 is 11.6 Å². The Labute approximate surface area is 120 Å². The van der Waals surface area contributed by atoms with Crippen LogP contribution in [0.15, 0.2) is 47.0 Å². The Morgan fingerprint density at radius 3 is 2.57 bits per heavy atom. The standard InChI is InChI=1S/C16H12F2N2O/c1-9-6-7-10(17)8-12(9)15-14(16(19)20-21-15)11-4-2-3-5-13(11)18/h2-8H,1H3,(H2,19,20). The highest BCUT2D eigenvalue weighted by Gasteiger charge is 2.21. The van der Waals surface area contributed by atoms with Crippen LogP contribution in [0.2, 0.25) is 0 Å². The molecule has 0 aliphatic heterocycles. The molecule has 21 heavy (non-hydrogen) atoms. The van der Waals surface area contributed by atoms with Crippen molar-refractivity contribution in [1.29, 1.82) is 0 Å². The van der Waals surface area contributed by atoms with Crippen molar-refractivity contribution in [1.82, 2.24) is 5.16 Å². The van der Waals surface area contributed by atoms with Crippen LogP contribution in [0.25, 0.3) is 22.5 Å². The van der Waals surface area contributed by atoms with Gasteiger partial charge in [-0.1, -0.05) is 29.4 Å².